The maximum atomic E-state index is 12.6. The zero-order valence-electron chi connectivity index (χ0n) is 25.0. The van der Waals surface area contributed by atoms with E-state index in [1.807, 2.05) is 48.5 Å². The fraction of sp³-hybridized carbons (Fsp3) is 0.371. The molecule has 0 aliphatic carbocycles. The van der Waals surface area contributed by atoms with Gasteiger partial charge < -0.3 is 19.4 Å². The van der Waals surface area contributed by atoms with E-state index < -0.39 is 0 Å². The molecule has 0 saturated carbocycles. The van der Waals surface area contributed by atoms with Crippen LogP contribution in [-0.2, 0) is 4.79 Å². The average Bonchev–Trinajstić information content (AvgIpc) is 3.64. The molecule has 0 unspecified atom stereocenters. The SMILES string of the molecule is [C-]#[N+]C[C@H]1CN(c2nc(OCC34CCCN3CCC4)nc3cc(-c4cccc5cccc(Cl)c45)c(Cl)cc23)CCN1C(=O)C=C. The number of halogens is 2. The molecular formula is C35H34Cl2N6O2. The van der Waals surface area contributed by atoms with Gasteiger partial charge in [0.05, 0.1) is 11.1 Å². The number of benzene rings is 3. The first-order valence-corrected chi connectivity index (χ1v) is 16.2. The van der Waals surface area contributed by atoms with Crippen molar-refractivity contribution in [3.8, 4) is 17.1 Å². The molecule has 0 bridgehead atoms. The zero-order valence-corrected chi connectivity index (χ0v) is 26.5. The number of aromatic nitrogens is 2. The molecule has 0 radical (unpaired) electrons. The molecule has 4 heterocycles. The van der Waals surface area contributed by atoms with Crippen molar-refractivity contribution in [2.24, 2.45) is 0 Å². The zero-order chi connectivity index (χ0) is 31.1. The van der Waals surface area contributed by atoms with Crippen molar-refractivity contribution in [2.75, 3.05) is 50.8 Å². The van der Waals surface area contributed by atoms with Crippen LogP contribution in [0.1, 0.15) is 25.7 Å². The van der Waals surface area contributed by atoms with Crippen LogP contribution in [0.25, 0.3) is 37.6 Å². The Hall–Kier alpha value is -3.90. The van der Waals surface area contributed by atoms with Crippen molar-refractivity contribution in [3.63, 3.8) is 0 Å². The highest BCUT2D eigenvalue weighted by molar-refractivity contribution is 6.38. The van der Waals surface area contributed by atoms with E-state index in [1.54, 1.807) is 4.90 Å². The Morgan fingerprint density at radius 1 is 1.04 bits per heavy atom. The second-order valence-electron chi connectivity index (χ2n) is 12.2. The first-order valence-electron chi connectivity index (χ1n) is 15.5. The number of amides is 1. The lowest BCUT2D eigenvalue weighted by atomic mass is 9.95. The Labute approximate surface area is 273 Å². The number of rotatable bonds is 7. The van der Waals surface area contributed by atoms with Gasteiger partial charge in [-0.3, -0.25) is 9.69 Å². The molecule has 3 aromatic carbocycles. The van der Waals surface area contributed by atoms with E-state index in [0.29, 0.717) is 53.6 Å². The average molecular weight is 642 g/mol. The minimum Gasteiger partial charge on any atom is -0.461 e. The summed E-state index contributed by atoms with van der Waals surface area (Å²) >= 11 is 13.8. The molecular weight excluding hydrogens is 607 g/mol. The van der Waals surface area contributed by atoms with Gasteiger partial charge in [-0.1, -0.05) is 60.1 Å². The predicted octanol–water partition coefficient (Wildman–Crippen LogP) is 6.89. The van der Waals surface area contributed by atoms with Gasteiger partial charge in [-0.25, -0.2) is 6.57 Å². The van der Waals surface area contributed by atoms with Gasteiger partial charge >= 0.3 is 6.01 Å². The molecule has 1 amide bonds. The standard InChI is InChI=1S/C35H34Cl2N6O2/c1-3-31(44)43-17-16-41(21-24(43)20-38-2)33-27-18-29(37)26(25-10-4-8-23-9-5-11-28(36)32(23)25)19-30(27)39-34(40-33)45-22-35-12-6-14-42(35)15-7-13-35/h3-5,8-11,18-19,24H,1,6-7,12-17,20-22H2/t24-/m0/s1. The molecule has 3 aliphatic heterocycles. The smallest absolute Gasteiger partial charge is 0.319 e. The number of nitrogens with zero attached hydrogens (tertiary/aromatic N) is 6. The van der Waals surface area contributed by atoms with Crippen molar-refractivity contribution in [2.45, 2.75) is 37.3 Å². The van der Waals surface area contributed by atoms with Gasteiger partial charge in [0.25, 0.3) is 0 Å². The topological polar surface area (TPSA) is 66.2 Å². The molecule has 1 atom stereocenters. The minimum atomic E-state index is -0.298. The third-order valence-corrected chi connectivity index (χ3v) is 10.3. The summed E-state index contributed by atoms with van der Waals surface area (Å²) in [4.78, 5) is 32.6. The Bertz CT molecular complexity index is 1840. The summed E-state index contributed by atoms with van der Waals surface area (Å²) in [6.07, 6.45) is 5.91. The highest BCUT2D eigenvalue weighted by Gasteiger charge is 2.45. The van der Waals surface area contributed by atoms with Gasteiger partial charge in [0.2, 0.25) is 12.5 Å². The summed E-state index contributed by atoms with van der Waals surface area (Å²) < 4.78 is 6.48. The normalized spacial score (nSPS) is 19.5. The van der Waals surface area contributed by atoms with E-state index >= 15 is 0 Å². The Morgan fingerprint density at radius 2 is 1.82 bits per heavy atom. The van der Waals surface area contributed by atoms with Crippen LogP contribution < -0.4 is 9.64 Å². The van der Waals surface area contributed by atoms with E-state index in [2.05, 4.69) is 21.2 Å². The summed E-state index contributed by atoms with van der Waals surface area (Å²) in [5.41, 5.74) is 2.49. The van der Waals surface area contributed by atoms with E-state index in [4.69, 9.17) is 44.5 Å². The van der Waals surface area contributed by atoms with Crippen LogP contribution in [0.4, 0.5) is 5.82 Å². The molecule has 10 heteroatoms. The third kappa shape index (κ3) is 5.37. The molecule has 8 nitrogen and oxygen atoms in total. The van der Waals surface area contributed by atoms with Crippen molar-refractivity contribution >= 4 is 56.6 Å². The fourth-order valence-corrected chi connectivity index (χ4v) is 8.07. The monoisotopic (exact) mass is 640 g/mol. The largest absolute Gasteiger partial charge is 0.461 e. The Balaban J connectivity index is 1.33. The number of anilines is 1. The summed E-state index contributed by atoms with van der Waals surface area (Å²) in [5, 5.41) is 3.95. The maximum absolute atomic E-state index is 12.6. The number of carbonyl (C=O) groups excluding carboxylic acids is 1. The van der Waals surface area contributed by atoms with Crippen molar-refractivity contribution < 1.29 is 9.53 Å². The lowest BCUT2D eigenvalue weighted by molar-refractivity contribution is -0.128. The van der Waals surface area contributed by atoms with Crippen LogP contribution in [0, 0.1) is 6.57 Å². The van der Waals surface area contributed by atoms with Crippen LogP contribution in [-0.4, -0.2) is 83.1 Å². The number of ether oxygens (including phenoxy) is 1. The molecule has 1 aromatic heterocycles. The van der Waals surface area contributed by atoms with E-state index in [9.17, 15) is 4.79 Å². The maximum Gasteiger partial charge on any atom is 0.319 e. The summed E-state index contributed by atoms with van der Waals surface area (Å²) in [5.74, 6) is 0.519. The summed E-state index contributed by atoms with van der Waals surface area (Å²) in [6.45, 7) is 15.6. The quantitative estimate of drug-likeness (QED) is 0.162. The Morgan fingerprint density at radius 3 is 2.58 bits per heavy atom. The molecule has 0 N–H and O–H groups in total. The van der Waals surface area contributed by atoms with Crippen LogP contribution in [0.5, 0.6) is 6.01 Å². The number of hydrogen-bond donors (Lipinski definition) is 0. The highest BCUT2D eigenvalue weighted by Crippen LogP contribution is 2.42. The first-order chi connectivity index (χ1) is 21.9. The molecule has 3 fully saturated rings. The summed E-state index contributed by atoms with van der Waals surface area (Å²) in [7, 11) is 0. The number of piperazine rings is 1. The number of fused-ring (bicyclic) bond motifs is 3. The second kappa shape index (κ2) is 12.1. The van der Waals surface area contributed by atoms with Crippen LogP contribution in [0.2, 0.25) is 10.0 Å². The van der Waals surface area contributed by atoms with Crippen molar-refractivity contribution in [1.82, 2.24) is 19.8 Å². The number of hydrogen-bond acceptors (Lipinski definition) is 6. The van der Waals surface area contributed by atoms with Gasteiger partial charge in [-0.15, -0.1) is 0 Å². The fourth-order valence-electron chi connectivity index (χ4n) is 7.52. The number of carbonyl (C=O) groups is 1. The Kier molecular flexibility index (Phi) is 8.03. The molecule has 7 rings (SSSR count). The summed E-state index contributed by atoms with van der Waals surface area (Å²) in [6, 6.07) is 15.9. The third-order valence-electron chi connectivity index (χ3n) is 9.71. The van der Waals surface area contributed by atoms with Gasteiger partial charge in [-0.05, 0) is 74.0 Å². The lowest BCUT2D eigenvalue weighted by Gasteiger charge is -2.39. The second-order valence-corrected chi connectivity index (χ2v) is 13.0. The van der Waals surface area contributed by atoms with E-state index in [-0.39, 0.29) is 24.0 Å². The molecule has 4 aromatic rings. The van der Waals surface area contributed by atoms with Gasteiger partial charge in [0, 0.05) is 46.0 Å². The highest BCUT2D eigenvalue weighted by atomic mass is 35.5. The first kappa shape index (κ1) is 29.8. The molecule has 0 spiro atoms. The van der Waals surface area contributed by atoms with Crippen LogP contribution in [0.15, 0.2) is 61.2 Å². The van der Waals surface area contributed by atoms with Gasteiger partial charge in [0.15, 0.2) is 0 Å². The lowest BCUT2D eigenvalue weighted by Crippen LogP contribution is -2.56. The molecule has 45 heavy (non-hydrogen) atoms. The van der Waals surface area contributed by atoms with E-state index in [1.165, 1.54) is 18.9 Å². The molecule has 3 aliphatic rings. The van der Waals surface area contributed by atoms with Crippen molar-refractivity contribution in [1.29, 1.82) is 0 Å². The predicted molar refractivity (Wildman–Crippen MR) is 180 cm³/mol. The van der Waals surface area contributed by atoms with Gasteiger partial charge in [-0.2, -0.15) is 9.97 Å². The molecule has 3 saturated heterocycles. The van der Waals surface area contributed by atoms with Crippen molar-refractivity contribution in [3.05, 3.63) is 82.6 Å². The van der Waals surface area contributed by atoms with Crippen LogP contribution in [0.3, 0.4) is 0 Å². The van der Waals surface area contributed by atoms with Gasteiger partial charge in [0.1, 0.15) is 18.5 Å². The van der Waals surface area contributed by atoms with E-state index in [0.717, 1.165) is 53.2 Å². The van der Waals surface area contributed by atoms with Crippen LogP contribution >= 0.6 is 23.2 Å². The molecule has 230 valence electrons. The minimum absolute atomic E-state index is 0.0424.